The van der Waals surface area contributed by atoms with E-state index in [0.717, 1.165) is 29.4 Å². The summed E-state index contributed by atoms with van der Waals surface area (Å²) in [5, 5.41) is 8.35. The Morgan fingerprint density at radius 3 is 2.81 bits per heavy atom. The van der Waals surface area contributed by atoms with Gasteiger partial charge in [-0.2, -0.15) is 5.10 Å². The number of carbonyl (C=O) groups excluding carboxylic acids is 1. The Bertz CT molecular complexity index is 798. The second-order valence-electron chi connectivity index (χ2n) is 4.60. The van der Waals surface area contributed by atoms with E-state index in [0.29, 0.717) is 6.42 Å². The molecular weight excluding hydrogens is 292 g/mol. The van der Waals surface area contributed by atoms with Crippen LogP contribution in [-0.2, 0) is 11.2 Å². The second kappa shape index (κ2) is 5.57. The summed E-state index contributed by atoms with van der Waals surface area (Å²) in [4.78, 5) is 36.9. The maximum absolute atomic E-state index is 12.2. The van der Waals surface area contributed by atoms with Crippen LogP contribution in [0.5, 0.6) is 0 Å². The Hall–Kier alpha value is -2.35. The summed E-state index contributed by atoms with van der Waals surface area (Å²) in [6.07, 6.45) is 1.32. The van der Waals surface area contributed by atoms with E-state index >= 15 is 0 Å². The van der Waals surface area contributed by atoms with Gasteiger partial charge in [0.1, 0.15) is 0 Å². The number of para-hydroxylation sites is 1. The summed E-state index contributed by atoms with van der Waals surface area (Å²) in [5.41, 5.74) is 0.617. The highest BCUT2D eigenvalue weighted by atomic mass is 32.2. The summed E-state index contributed by atoms with van der Waals surface area (Å²) < 4.78 is 0. The minimum absolute atomic E-state index is 0.0840. The third-order valence-corrected chi connectivity index (χ3v) is 4.41. The number of thioether (sulfide) groups is 1. The standard InChI is InChI=1S/C13H12N4O3S/c18-10-9(21-12-11(19)15-13(20)17-16-12)6-5-7-3-1-2-4-8(7)14-10/h1-4,9H,5-6H2,(H,14,18)(H2,15,17,19,20). The predicted molar refractivity (Wildman–Crippen MR) is 78.5 cm³/mol. The average molecular weight is 304 g/mol. The molecule has 2 aromatic rings. The van der Waals surface area contributed by atoms with E-state index in [4.69, 9.17) is 0 Å². The molecule has 21 heavy (non-hydrogen) atoms. The van der Waals surface area contributed by atoms with E-state index in [1.54, 1.807) is 0 Å². The Morgan fingerprint density at radius 2 is 2.00 bits per heavy atom. The maximum Gasteiger partial charge on any atom is 0.342 e. The van der Waals surface area contributed by atoms with Crippen LogP contribution in [0.25, 0.3) is 0 Å². The molecular formula is C13H12N4O3S. The first-order valence-electron chi connectivity index (χ1n) is 6.38. The number of H-pyrrole nitrogens is 2. The van der Waals surface area contributed by atoms with Crippen LogP contribution in [0, 0.1) is 0 Å². The molecule has 2 heterocycles. The Balaban J connectivity index is 1.83. The van der Waals surface area contributed by atoms with Crippen LogP contribution in [0.4, 0.5) is 5.69 Å². The Kier molecular flexibility index (Phi) is 3.61. The summed E-state index contributed by atoms with van der Waals surface area (Å²) in [5.74, 6) is -0.169. The first-order valence-corrected chi connectivity index (χ1v) is 7.26. The lowest BCUT2D eigenvalue weighted by atomic mass is 10.1. The average Bonchev–Trinajstić information content (AvgIpc) is 2.61. The number of nitrogens with one attached hydrogen (secondary N) is 3. The van der Waals surface area contributed by atoms with Gasteiger partial charge >= 0.3 is 5.69 Å². The molecule has 1 unspecified atom stereocenters. The van der Waals surface area contributed by atoms with Crippen LogP contribution >= 0.6 is 11.8 Å². The molecule has 1 aromatic carbocycles. The highest BCUT2D eigenvalue weighted by molar-refractivity contribution is 8.00. The maximum atomic E-state index is 12.2. The van der Waals surface area contributed by atoms with Crippen LogP contribution in [0.3, 0.4) is 0 Å². The largest absolute Gasteiger partial charge is 0.342 e. The molecule has 8 heteroatoms. The summed E-state index contributed by atoms with van der Waals surface area (Å²) >= 11 is 1.05. The second-order valence-corrected chi connectivity index (χ2v) is 5.80. The van der Waals surface area contributed by atoms with Gasteiger partial charge in [0.05, 0.1) is 5.25 Å². The molecule has 3 rings (SSSR count). The summed E-state index contributed by atoms with van der Waals surface area (Å²) in [6, 6.07) is 7.60. The normalized spacial score (nSPS) is 17.7. The molecule has 1 amide bonds. The smallest absolute Gasteiger partial charge is 0.325 e. The molecule has 1 aliphatic rings. The molecule has 108 valence electrons. The van der Waals surface area contributed by atoms with Crippen molar-refractivity contribution in [3.63, 3.8) is 0 Å². The molecule has 1 aliphatic heterocycles. The fourth-order valence-corrected chi connectivity index (χ4v) is 3.08. The lowest BCUT2D eigenvalue weighted by molar-refractivity contribution is -0.115. The van der Waals surface area contributed by atoms with Crippen molar-refractivity contribution in [3.05, 3.63) is 50.7 Å². The van der Waals surface area contributed by atoms with Gasteiger partial charge in [-0.1, -0.05) is 30.0 Å². The van der Waals surface area contributed by atoms with Gasteiger partial charge < -0.3 is 5.32 Å². The number of hydrogen-bond acceptors (Lipinski definition) is 5. The predicted octanol–water partition coefficient (Wildman–Crippen LogP) is 0.504. The van der Waals surface area contributed by atoms with Gasteiger partial charge in [0.15, 0.2) is 5.03 Å². The highest BCUT2D eigenvalue weighted by Gasteiger charge is 2.25. The molecule has 0 saturated carbocycles. The minimum atomic E-state index is -0.665. The fourth-order valence-electron chi connectivity index (χ4n) is 2.16. The van der Waals surface area contributed by atoms with Crippen LogP contribution < -0.4 is 16.6 Å². The number of hydrogen-bond donors (Lipinski definition) is 3. The molecule has 0 bridgehead atoms. The molecule has 1 aromatic heterocycles. The van der Waals surface area contributed by atoms with Crippen LogP contribution in [0.2, 0.25) is 0 Å². The van der Waals surface area contributed by atoms with E-state index in [1.165, 1.54) is 0 Å². The summed E-state index contributed by atoms with van der Waals surface area (Å²) in [6.45, 7) is 0. The van der Waals surface area contributed by atoms with Gasteiger partial charge in [-0.3, -0.25) is 14.6 Å². The number of nitrogens with zero attached hydrogens (tertiary/aromatic N) is 1. The topological polar surface area (TPSA) is 108 Å². The monoisotopic (exact) mass is 304 g/mol. The van der Waals surface area contributed by atoms with Crippen molar-refractivity contribution < 1.29 is 4.79 Å². The molecule has 1 atom stereocenters. The third-order valence-electron chi connectivity index (χ3n) is 3.18. The first-order chi connectivity index (χ1) is 10.1. The lowest BCUT2D eigenvalue weighted by Crippen LogP contribution is -2.28. The number of rotatable bonds is 2. The van der Waals surface area contributed by atoms with Crippen molar-refractivity contribution >= 4 is 23.4 Å². The third kappa shape index (κ3) is 2.89. The zero-order valence-electron chi connectivity index (χ0n) is 10.9. The fraction of sp³-hybridized carbons (Fsp3) is 0.231. The van der Waals surface area contributed by atoms with Crippen molar-refractivity contribution in [2.75, 3.05) is 5.32 Å². The van der Waals surface area contributed by atoms with Crippen molar-refractivity contribution in [3.8, 4) is 0 Å². The molecule has 3 N–H and O–H groups in total. The summed E-state index contributed by atoms with van der Waals surface area (Å²) in [7, 11) is 0. The van der Waals surface area contributed by atoms with Gasteiger partial charge in [0, 0.05) is 5.69 Å². The van der Waals surface area contributed by atoms with E-state index in [-0.39, 0.29) is 10.9 Å². The lowest BCUT2D eigenvalue weighted by Gasteiger charge is -2.11. The van der Waals surface area contributed by atoms with Crippen molar-refractivity contribution in [1.82, 2.24) is 15.2 Å². The number of fused-ring (bicyclic) bond motifs is 1. The minimum Gasteiger partial charge on any atom is -0.325 e. The van der Waals surface area contributed by atoms with Gasteiger partial charge in [-0.15, -0.1) is 0 Å². The van der Waals surface area contributed by atoms with Crippen molar-refractivity contribution in [2.24, 2.45) is 0 Å². The molecule has 0 radical (unpaired) electrons. The van der Waals surface area contributed by atoms with Gasteiger partial charge in [0.25, 0.3) is 5.56 Å². The quantitative estimate of drug-likeness (QED) is 0.749. The zero-order valence-corrected chi connectivity index (χ0v) is 11.7. The number of aryl methyl sites for hydroxylation is 1. The SMILES string of the molecule is O=C1Nc2ccccc2CCC1Sc1n[nH]c(=O)[nH]c1=O. The molecule has 0 aliphatic carbocycles. The molecule has 0 spiro atoms. The number of anilines is 1. The first kappa shape index (κ1) is 13.6. The van der Waals surface area contributed by atoms with E-state index in [1.807, 2.05) is 24.3 Å². The van der Waals surface area contributed by atoms with Crippen LogP contribution in [-0.4, -0.2) is 26.3 Å². The highest BCUT2D eigenvalue weighted by Crippen LogP contribution is 2.28. The molecule has 0 fully saturated rings. The van der Waals surface area contributed by atoms with E-state index in [2.05, 4.69) is 20.5 Å². The number of carbonyl (C=O) groups is 1. The molecule has 7 nitrogen and oxygen atoms in total. The van der Waals surface area contributed by atoms with Gasteiger partial charge in [-0.05, 0) is 24.5 Å². The van der Waals surface area contributed by atoms with Gasteiger partial charge in [0.2, 0.25) is 5.91 Å². The number of benzene rings is 1. The number of aromatic amines is 2. The van der Waals surface area contributed by atoms with Crippen LogP contribution in [0.15, 0.2) is 38.9 Å². The van der Waals surface area contributed by atoms with E-state index < -0.39 is 16.5 Å². The van der Waals surface area contributed by atoms with Crippen LogP contribution in [0.1, 0.15) is 12.0 Å². The number of amides is 1. The van der Waals surface area contributed by atoms with E-state index in [9.17, 15) is 14.4 Å². The Morgan fingerprint density at radius 1 is 1.19 bits per heavy atom. The Labute approximate surface area is 123 Å². The van der Waals surface area contributed by atoms with Gasteiger partial charge in [-0.25, -0.2) is 9.89 Å². The molecule has 0 saturated heterocycles. The number of aromatic nitrogens is 3. The zero-order chi connectivity index (χ0) is 14.8. The van der Waals surface area contributed by atoms with Crippen molar-refractivity contribution in [1.29, 1.82) is 0 Å². The van der Waals surface area contributed by atoms with Crippen molar-refractivity contribution in [2.45, 2.75) is 23.1 Å².